The van der Waals surface area contributed by atoms with Crippen molar-refractivity contribution in [2.75, 3.05) is 26.2 Å². The Morgan fingerprint density at radius 3 is 2.71 bits per heavy atom. The van der Waals surface area contributed by atoms with E-state index in [4.69, 9.17) is 4.74 Å². The van der Waals surface area contributed by atoms with Crippen LogP contribution in [0.3, 0.4) is 0 Å². The Bertz CT molecular complexity index is 805. The Hall–Kier alpha value is -2.15. The number of nitrogens with zero attached hydrogens (tertiary/aromatic N) is 2. The predicted octanol–water partition coefficient (Wildman–Crippen LogP) is 3.28. The Morgan fingerprint density at radius 1 is 1.18 bits per heavy atom. The van der Waals surface area contributed by atoms with Crippen molar-refractivity contribution >= 4 is 16.8 Å². The van der Waals surface area contributed by atoms with Crippen molar-refractivity contribution in [2.24, 2.45) is 5.92 Å². The van der Waals surface area contributed by atoms with Gasteiger partial charge in [-0.05, 0) is 43.4 Å². The van der Waals surface area contributed by atoms with E-state index in [1.165, 1.54) is 0 Å². The number of likely N-dealkylation sites (tertiary alicyclic amines) is 1. The lowest BCUT2D eigenvalue weighted by Crippen LogP contribution is -2.44. The van der Waals surface area contributed by atoms with Gasteiger partial charge in [0.05, 0.1) is 12.1 Å². The molecule has 7 heteroatoms. The minimum Gasteiger partial charge on any atom is -0.490 e. The number of carbonyl (C=O) groups is 1. The molecule has 2 aromatic rings. The highest BCUT2D eigenvalue weighted by molar-refractivity contribution is 5.86. The molecule has 0 aliphatic carbocycles. The van der Waals surface area contributed by atoms with Crippen LogP contribution in [0, 0.1) is 5.92 Å². The Kier molecular flexibility index (Phi) is 5.80. The molecule has 1 aromatic heterocycles. The van der Waals surface area contributed by atoms with Crippen molar-refractivity contribution in [3.63, 3.8) is 0 Å². The van der Waals surface area contributed by atoms with Crippen LogP contribution < -0.4 is 10.1 Å². The predicted molar refractivity (Wildman–Crippen MR) is 104 cm³/mol. The van der Waals surface area contributed by atoms with Crippen LogP contribution in [-0.2, 0) is 11.3 Å². The molecule has 1 unspecified atom stereocenters. The number of rotatable bonds is 6. The van der Waals surface area contributed by atoms with E-state index in [1.54, 1.807) is 10.8 Å². The van der Waals surface area contributed by atoms with E-state index in [0.717, 1.165) is 62.1 Å². The summed E-state index contributed by atoms with van der Waals surface area (Å²) in [5, 5.41) is 3.85. The van der Waals surface area contributed by atoms with Crippen LogP contribution in [0.5, 0.6) is 5.75 Å². The zero-order valence-corrected chi connectivity index (χ0v) is 15.9. The van der Waals surface area contributed by atoms with Gasteiger partial charge >= 0.3 is 0 Å². The number of amides is 1. The van der Waals surface area contributed by atoms with E-state index < -0.39 is 6.43 Å². The van der Waals surface area contributed by atoms with Crippen molar-refractivity contribution in [1.82, 2.24) is 14.8 Å². The summed E-state index contributed by atoms with van der Waals surface area (Å²) in [5.41, 5.74) is 0.787. The molecule has 5 nitrogen and oxygen atoms in total. The molecule has 1 N–H and O–H groups in total. The first-order chi connectivity index (χ1) is 13.6. The van der Waals surface area contributed by atoms with Crippen LogP contribution in [0.4, 0.5) is 8.78 Å². The van der Waals surface area contributed by atoms with Gasteiger partial charge in [0.15, 0.2) is 0 Å². The minimum absolute atomic E-state index is 0.145. The quantitative estimate of drug-likeness (QED) is 0.822. The SMILES string of the molecule is O=C1CCC(CN2CCC(Oc3cccc4c3ccn4CC(F)F)CC2)CN1. The van der Waals surface area contributed by atoms with E-state index in [1.807, 2.05) is 24.3 Å². The van der Waals surface area contributed by atoms with Crippen LogP contribution in [0.25, 0.3) is 10.9 Å². The highest BCUT2D eigenvalue weighted by Gasteiger charge is 2.25. The van der Waals surface area contributed by atoms with E-state index >= 15 is 0 Å². The van der Waals surface area contributed by atoms with Crippen molar-refractivity contribution in [3.05, 3.63) is 30.5 Å². The van der Waals surface area contributed by atoms with Gasteiger partial charge in [0.1, 0.15) is 11.9 Å². The lowest BCUT2D eigenvalue weighted by atomic mass is 9.97. The molecule has 2 aliphatic heterocycles. The van der Waals surface area contributed by atoms with E-state index in [9.17, 15) is 13.6 Å². The maximum atomic E-state index is 12.7. The number of hydrogen-bond acceptors (Lipinski definition) is 3. The highest BCUT2D eigenvalue weighted by atomic mass is 19.3. The van der Waals surface area contributed by atoms with Crippen LogP contribution in [0.15, 0.2) is 30.5 Å². The number of hydrogen-bond donors (Lipinski definition) is 1. The lowest BCUT2D eigenvalue weighted by molar-refractivity contribution is -0.123. The second kappa shape index (κ2) is 8.47. The molecule has 0 spiro atoms. The largest absolute Gasteiger partial charge is 0.490 e. The third-order valence-corrected chi connectivity index (χ3v) is 5.82. The van der Waals surface area contributed by atoms with Crippen molar-refractivity contribution in [2.45, 2.75) is 44.8 Å². The number of piperidine rings is 2. The summed E-state index contributed by atoms with van der Waals surface area (Å²) in [6, 6.07) is 7.51. The van der Waals surface area contributed by atoms with Gasteiger partial charge in [0.2, 0.25) is 5.91 Å². The number of alkyl halides is 2. The fraction of sp³-hybridized carbons (Fsp3) is 0.571. The van der Waals surface area contributed by atoms with Crippen LogP contribution in [-0.4, -0.2) is 54.1 Å². The summed E-state index contributed by atoms with van der Waals surface area (Å²) in [4.78, 5) is 13.7. The molecule has 1 aromatic carbocycles. The number of ether oxygens (including phenoxy) is 1. The first-order valence-corrected chi connectivity index (χ1v) is 10.1. The van der Waals surface area contributed by atoms with Gasteiger partial charge in [-0.2, -0.15) is 0 Å². The molecule has 152 valence electrons. The summed E-state index contributed by atoms with van der Waals surface area (Å²) >= 11 is 0. The van der Waals surface area contributed by atoms with Gasteiger partial charge in [0.25, 0.3) is 6.43 Å². The molecule has 0 radical (unpaired) electrons. The molecule has 3 heterocycles. The average Bonchev–Trinajstić information content (AvgIpc) is 3.08. The molecule has 2 fully saturated rings. The third kappa shape index (κ3) is 4.46. The smallest absolute Gasteiger partial charge is 0.256 e. The molecular formula is C21H27F2N3O2. The molecule has 2 aliphatic rings. The van der Waals surface area contributed by atoms with Gasteiger partial charge in [-0.1, -0.05) is 6.07 Å². The number of nitrogens with one attached hydrogen (secondary N) is 1. The number of fused-ring (bicyclic) bond motifs is 1. The van der Waals surface area contributed by atoms with Crippen molar-refractivity contribution < 1.29 is 18.3 Å². The molecule has 2 saturated heterocycles. The summed E-state index contributed by atoms with van der Waals surface area (Å²) in [6.07, 6.45) is 2.99. The monoisotopic (exact) mass is 391 g/mol. The van der Waals surface area contributed by atoms with Crippen LogP contribution in [0.2, 0.25) is 0 Å². The first kappa shape index (κ1) is 19.2. The molecule has 1 atom stereocenters. The maximum absolute atomic E-state index is 12.7. The van der Waals surface area contributed by atoms with Gasteiger partial charge in [-0.3, -0.25) is 4.79 Å². The second-order valence-electron chi connectivity index (χ2n) is 7.87. The van der Waals surface area contributed by atoms with E-state index in [-0.39, 0.29) is 18.6 Å². The summed E-state index contributed by atoms with van der Waals surface area (Å²) in [5.74, 6) is 1.48. The Balaban J connectivity index is 1.32. The van der Waals surface area contributed by atoms with Crippen LogP contribution in [0.1, 0.15) is 25.7 Å². The fourth-order valence-corrected chi connectivity index (χ4v) is 4.30. The minimum atomic E-state index is -2.37. The summed E-state index contributed by atoms with van der Waals surface area (Å²) < 4.78 is 33.3. The van der Waals surface area contributed by atoms with Gasteiger partial charge in [-0.15, -0.1) is 0 Å². The van der Waals surface area contributed by atoms with Gasteiger partial charge in [0, 0.05) is 44.2 Å². The zero-order chi connectivity index (χ0) is 19.5. The molecule has 4 rings (SSSR count). The Morgan fingerprint density at radius 2 is 2.00 bits per heavy atom. The molecule has 1 amide bonds. The topological polar surface area (TPSA) is 46.5 Å². The lowest BCUT2D eigenvalue weighted by Gasteiger charge is -2.35. The van der Waals surface area contributed by atoms with E-state index in [0.29, 0.717) is 12.3 Å². The molecule has 0 bridgehead atoms. The number of halogens is 2. The van der Waals surface area contributed by atoms with Crippen molar-refractivity contribution in [3.8, 4) is 5.75 Å². The standard InChI is InChI=1S/C21H27F2N3O2/c22-20(23)14-26-11-8-17-18(26)2-1-3-19(17)28-16-6-9-25(10-7-16)13-15-4-5-21(27)24-12-15/h1-3,8,11,15-16,20H,4-7,9-10,12-14H2,(H,24,27). The summed E-state index contributed by atoms with van der Waals surface area (Å²) in [7, 11) is 0. The number of benzene rings is 1. The highest BCUT2D eigenvalue weighted by Crippen LogP contribution is 2.29. The Labute approximate surface area is 163 Å². The average molecular weight is 391 g/mol. The molecular weight excluding hydrogens is 364 g/mol. The second-order valence-corrected chi connectivity index (χ2v) is 7.87. The van der Waals surface area contributed by atoms with Crippen molar-refractivity contribution in [1.29, 1.82) is 0 Å². The third-order valence-electron chi connectivity index (χ3n) is 5.82. The maximum Gasteiger partial charge on any atom is 0.256 e. The zero-order valence-electron chi connectivity index (χ0n) is 15.9. The number of carbonyl (C=O) groups excluding carboxylic acids is 1. The molecule has 28 heavy (non-hydrogen) atoms. The summed E-state index contributed by atoms with van der Waals surface area (Å²) in [6.45, 7) is 3.48. The molecule has 0 saturated carbocycles. The van der Waals surface area contributed by atoms with Gasteiger partial charge < -0.3 is 19.5 Å². The van der Waals surface area contributed by atoms with Crippen LogP contribution >= 0.6 is 0 Å². The fourth-order valence-electron chi connectivity index (χ4n) is 4.30. The van der Waals surface area contributed by atoms with Gasteiger partial charge in [-0.25, -0.2) is 8.78 Å². The first-order valence-electron chi connectivity index (χ1n) is 10.1. The normalized spacial score (nSPS) is 22.0. The number of aromatic nitrogens is 1. The van der Waals surface area contributed by atoms with E-state index in [2.05, 4.69) is 10.2 Å².